The summed E-state index contributed by atoms with van der Waals surface area (Å²) in [4.78, 5) is 25.8. The van der Waals surface area contributed by atoms with Crippen LogP contribution in [0, 0.1) is 5.92 Å². The highest BCUT2D eigenvalue weighted by molar-refractivity contribution is 6.30. The van der Waals surface area contributed by atoms with Crippen molar-refractivity contribution in [3.05, 3.63) is 29.3 Å². The van der Waals surface area contributed by atoms with E-state index >= 15 is 0 Å². The average molecular weight is 295 g/mol. The predicted molar refractivity (Wildman–Crippen MR) is 79.8 cm³/mol. The molecule has 1 atom stereocenters. The van der Waals surface area contributed by atoms with Gasteiger partial charge in [-0.05, 0) is 36.6 Å². The maximum atomic E-state index is 12.2. The average Bonchev–Trinajstić information content (AvgIpc) is 2.79. The molecule has 0 bridgehead atoms. The number of halogens is 1. The first-order valence-electron chi connectivity index (χ1n) is 6.84. The Morgan fingerprint density at radius 2 is 2.05 bits per heavy atom. The molecule has 1 aromatic rings. The Kier molecular flexibility index (Phi) is 4.65. The molecule has 1 aliphatic heterocycles. The van der Waals surface area contributed by atoms with Crippen molar-refractivity contribution in [1.82, 2.24) is 5.32 Å². The van der Waals surface area contributed by atoms with Crippen LogP contribution in [0.3, 0.4) is 0 Å². The zero-order valence-corrected chi connectivity index (χ0v) is 12.5. The predicted octanol–water partition coefficient (Wildman–Crippen LogP) is 2.61. The summed E-state index contributed by atoms with van der Waals surface area (Å²) < 4.78 is 0. The number of hydrogen-bond acceptors (Lipinski definition) is 2. The summed E-state index contributed by atoms with van der Waals surface area (Å²) in [6, 6.07) is 6.59. The lowest BCUT2D eigenvalue weighted by atomic mass is 10.1. The molecule has 2 rings (SSSR count). The maximum absolute atomic E-state index is 12.2. The zero-order chi connectivity index (χ0) is 14.7. The van der Waals surface area contributed by atoms with Gasteiger partial charge < -0.3 is 5.32 Å². The van der Waals surface area contributed by atoms with Gasteiger partial charge in [0.05, 0.1) is 0 Å². The molecule has 0 radical (unpaired) electrons. The Hall–Kier alpha value is -1.55. The minimum atomic E-state index is -0.414. The molecule has 2 amide bonds. The van der Waals surface area contributed by atoms with Gasteiger partial charge in [0.15, 0.2) is 0 Å². The Bertz CT molecular complexity index is 499. The third kappa shape index (κ3) is 3.31. The molecular formula is C15H19ClN2O2. The maximum Gasteiger partial charge on any atom is 0.243 e. The molecule has 5 heteroatoms. The highest BCUT2D eigenvalue weighted by Gasteiger charge is 2.36. The number of hydrogen-bond donors (Lipinski definition) is 1. The van der Waals surface area contributed by atoms with E-state index in [-0.39, 0.29) is 11.8 Å². The summed E-state index contributed by atoms with van der Waals surface area (Å²) in [5.41, 5.74) is 0.724. The van der Waals surface area contributed by atoms with E-state index in [1.54, 1.807) is 29.2 Å². The SMILES string of the molecule is CC(C)CNC(=O)C1CCC(=O)N1c1ccc(Cl)cc1. The van der Waals surface area contributed by atoms with E-state index in [2.05, 4.69) is 5.32 Å². The van der Waals surface area contributed by atoms with Gasteiger partial charge >= 0.3 is 0 Å². The van der Waals surface area contributed by atoms with Crippen molar-refractivity contribution in [2.45, 2.75) is 32.7 Å². The molecule has 0 saturated carbocycles. The monoisotopic (exact) mass is 294 g/mol. The van der Waals surface area contributed by atoms with Gasteiger partial charge in [0, 0.05) is 23.7 Å². The van der Waals surface area contributed by atoms with Gasteiger partial charge in [0.1, 0.15) is 6.04 Å². The first-order valence-corrected chi connectivity index (χ1v) is 7.22. The van der Waals surface area contributed by atoms with Gasteiger partial charge in [-0.15, -0.1) is 0 Å². The second-order valence-electron chi connectivity index (χ2n) is 5.43. The van der Waals surface area contributed by atoms with Crippen molar-refractivity contribution in [3.8, 4) is 0 Å². The van der Waals surface area contributed by atoms with Crippen molar-refractivity contribution >= 4 is 29.1 Å². The molecule has 1 N–H and O–H groups in total. The van der Waals surface area contributed by atoms with Crippen molar-refractivity contribution < 1.29 is 9.59 Å². The van der Waals surface area contributed by atoms with Crippen LogP contribution in [0.2, 0.25) is 5.02 Å². The molecule has 20 heavy (non-hydrogen) atoms. The Balaban J connectivity index is 2.14. The lowest BCUT2D eigenvalue weighted by Gasteiger charge is -2.24. The lowest BCUT2D eigenvalue weighted by molar-refractivity contribution is -0.124. The fraction of sp³-hybridized carbons (Fsp3) is 0.467. The normalized spacial score (nSPS) is 18.7. The van der Waals surface area contributed by atoms with Crippen molar-refractivity contribution in [1.29, 1.82) is 0 Å². The topological polar surface area (TPSA) is 49.4 Å². The van der Waals surface area contributed by atoms with E-state index in [4.69, 9.17) is 11.6 Å². The number of amides is 2. The third-order valence-corrected chi connectivity index (χ3v) is 3.56. The van der Waals surface area contributed by atoms with Crippen molar-refractivity contribution in [2.75, 3.05) is 11.4 Å². The summed E-state index contributed by atoms with van der Waals surface area (Å²) in [6.07, 6.45) is 0.966. The standard InChI is InChI=1S/C15H19ClN2O2/c1-10(2)9-17-15(20)13-7-8-14(19)18(13)12-5-3-11(16)4-6-12/h3-6,10,13H,7-9H2,1-2H3,(H,17,20). The minimum Gasteiger partial charge on any atom is -0.354 e. The van der Waals surface area contributed by atoms with Crippen LogP contribution in [0.4, 0.5) is 5.69 Å². The molecule has 1 unspecified atom stereocenters. The van der Waals surface area contributed by atoms with Crippen molar-refractivity contribution in [3.63, 3.8) is 0 Å². The zero-order valence-electron chi connectivity index (χ0n) is 11.7. The second-order valence-corrected chi connectivity index (χ2v) is 5.87. The summed E-state index contributed by atoms with van der Waals surface area (Å²) in [5, 5.41) is 3.51. The number of nitrogens with zero attached hydrogens (tertiary/aromatic N) is 1. The lowest BCUT2D eigenvalue weighted by Crippen LogP contribution is -2.45. The van der Waals surface area contributed by atoms with Gasteiger partial charge in [-0.25, -0.2) is 0 Å². The van der Waals surface area contributed by atoms with Crippen LogP contribution in [0.25, 0.3) is 0 Å². The van der Waals surface area contributed by atoms with Crippen LogP contribution in [-0.4, -0.2) is 24.4 Å². The number of carbonyl (C=O) groups is 2. The van der Waals surface area contributed by atoms with E-state index < -0.39 is 6.04 Å². The molecule has 1 fully saturated rings. The third-order valence-electron chi connectivity index (χ3n) is 3.30. The van der Waals surface area contributed by atoms with E-state index in [1.165, 1.54) is 0 Å². The Morgan fingerprint density at radius 3 is 2.65 bits per heavy atom. The van der Waals surface area contributed by atoms with E-state index in [1.807, 2.05) is 13.8 Å². The highest BCUT2D eigenvalue weighted by Crippen LogP contribution is 2.27. The van der Waals surface area contributed by atoms with E-state index in [9.17, 15) is 9.59 Å². The fourth-order valence-electron chi connectivity index (χ4n) is 2.28. The summed E-state index contributed by atoms with van der Waals surface area (Å²) in [6.45, 7) is 4.70. The van der Waals surface area contributed by atoms with Gasteiger partial charge in [-0.3, -0.25) is 14.5 Å². The highest BCUT2D eigenvalue weighted by atomic mass is 35.5. The van der Waals surface area contributed by atoms with Crippen LogP contribution in [-0.2, 0) is 9.59 Å². The number of rotatable bonds is 4. The molecular weight excluding hydrogens is 276 g/mol. The van der Waals surface area contributed by atoms with Gasteiger partial charge in [0.2, 0.25) is 11.8 Å². The van der Waals surface area contributed by atoms with Crippen LogP contribution in [0.5, 0.6) is 0 Å². The van der Waals surface area contributed by atoms with Gasteiger partial charge in [-0.1, -0.05) is 25.4 Å². The first kappa shape index (κ1) is 14.9. The molecule has 0 aliphatic carbocycles. The van der Waals surface area contributed by atoms with Crippen LogP contribution >= 0.6 is 11.6 Å². The number of nitrogens with one attached hydrogen (secondary N) is 1. The number of benzene rings is 1. The second kappa shape index (κ2) is 6.27. The van der Waals surface area contributed by atoms with E-state index in [0.717, 1.165) is 5.69 Å². The smallest absolute Gasteiger partial charge is 0.243 e. The van der Waals surface area contributed by atoms with Crippen molar-refractivity contribution in [2.24, 2.45) is 5.92 Å². The molecule has 0 spiro atoms. The Labute approximate surface area is 124 Å². The van der Waals surface area contributed by atoms with Crippen LogP contribution in [0.15, 0.2) is 24.3 Å². The molecule has 1 aliphatic rings. The minimum absolute atomic E-state index is 0.0166. The van der Waals surface area contributed by atoms with Gasteiger partial charge in [0.25, 0.3) is 0 Å². The number of carbonyl (C=O) groups excluding carboxylic acids is 2. The molecule has 1 heterocycles. The largest absolute Gasteiger partial charge is 0.354 e. The molecule has 1 aromatic carbocycles. The summed E-state index contributed by atoms with van der Waals surface area (Å²) in [7, 11) is 0. The molecule has 1 saturated heterocycles. The van der Waals surface area contributed by atoms with E-state index in [0.29, 0.717) is 30.3 Å². The van der Waals surface area contributed by atoms with Crippen LogP contribution in [0.1, 0.15) is 26.7 Å². The summed E-state index contributed by atoms with van der Waals surface area (Å²) in [5.74, 6) is 0.288. The first-order chi connectivity index (χ1) is 9.49. The van der Waals surface area contributed by atoms with Gasteiger partial charge in [-0.2, -0.15) is 0 Å². The fourth-order valence-corrected chi connectivity index (χ4v) is 2.41. The molecule has 0 aromatic heterocycles. The quantitative estimate of drug-likeness (QED) is 0.928. The Morgan fingerprint density at radius 1 is 1.40 bits per heavy atom. The van der Waals surface area contributed by atoms with Crippen LogP contribution < -0.4 is 10.2 Å². The molecule has 4 nitrogen and oxygen atoms in total. The molecule has 108 valence electrons. The number of anilines is 1. The summed E-state index contributed by atoms with van der Waals surface area (Å²) >= 11 is 5.86.